The molecule has 0 unspecified atom stereocenters. The highest BCUT2D eigenvalue weighted by Gasteiger charge is 2.54. The van der Waals surface area contributed by atoms with Crippen LogP contribution in [0.4, 0.5) is 5.69 Å². The van der Waals surface area contributed by atoms with Crippen molar-refractivity contribution >= 4 is 35.2 Å². The van der Waals surface area contributed by atoms with Crippen LogP contribution in [0.2, 0.25) is 0 Å². The molecule has 9 nitrogen and oxygen atoms in total. The van der Waals surface area contributed by atoms with E-state index in [9.17, 15) is 24.5 Å². The van der Waals surface area contributed by atoms with Crippen molar-refractivity contribution in [1.29, 1.82) is 0 Å². The molecule has 2 atom stereocenters. The fraction of sp³-hybridized carbons (Fsp3) is 0.450. The summed E-state index contributed by atoms with van der Waals surface area (Å²) in [6.45, 7) is 3.81. The van der Waals surface area contributed by atoms with Crippen molar-refractivity contribution < 1.29 is 24.0 Å². The third kappa shape index (κ3) is 4.48. The Balaban J connectivity index is 1.68. The lowest BCUT2D eigenvalue weighted by Gasteiger charge is -2.43. The van der Waals surface area contributed by atoms with Crippen LogP contribution in [0.5, 0.6) is 0 Å². The third-order valence-corrected chi connectivity index (χ3v) is 6.27. The minimum atomic E-state index is -0.583. The molecule has 160 valence electrons. The van der Waals surface area contributed by atoms with Gasteiger partial charge in [-0.2, -0.15) is 0 Å². The number of hydrogen-bond donors (Lipinski definition) is 1. The van der Waals surface area contributed by atoms with E-state index in [0.717, 1.165) is 11.3 Å². The molecule has 1 fully saturated rings. The maximum Gasteiger partial charge on any atom is 0.356 e. The molecule has 3 rings (SSSR count). The molecule has 2 aliphatic heterocycles. The van der Waals surface area contributed by atoms with Gasteiger partial charge < -0.3 is 15.0 Å². The SMILES string of the molecule is CC[C@@H]1C(=O)N2C(C(=O)OCc3ccc([N+](=O)[O-])cc3)=C(SCCNC(C)=O)C[C@H]12. The van der Waals surface area contributed by atoms with Crippen molar-refractivity contribution in [2.75, 3.05) is 12.3 Å². The first-order valence-corrected chi connectivity index (χ1v) is 10.7. The molecule has 0 radical (unpaired) electrons. The van der Waals surface area contributed by atoms with E-state index in [0.29, 0.717) is 24.3 Å². The fourth-order valence-corrected chi connectivity index (χ4v) is 4.71. The standard InChI is InChI=1S/C20H23N3O6S/c1-3-15-16-10-17(30-9-8-21-12(2)24)18(22(16)19(15)25)20(26)29-11-13-4-6-14(7-5-13)23(27)28/h4-7,15-16H,3,8-11H2,1-2H3,(H,21,24)/t15-,16+/m0/s1. The summed E-state index contributed by atoms with van der Waals surface area (Å²) in [6, 6.07) is 5.74. The largest absolute Gasteiger partial charge is 0.456 e. The maximum absolute atomic E-state index is 12.8. The van der Waals surface area contributed by atoms with E-state index >= 15 is 0 Å². The number of benzene rings is 1. The van der Waals surface area contributed by atoms with E-state index < -0.39 is 10.9 Å². The topological polar surface area (TPSA) is 119 Å². The number of carbonyl (C=O) groups excluding carboxylic acids is 3. The number of hydrogen-bond acceptors (Lipinski definition) is 7. The van der Waals surface area contributed by atoms with E-state index in [-0.39, 0.29) is 41.8 Å². The van der Waals surface area contributed by atoms with Crippen LogP contribution in [0.1, 0.15) is 32.3 Å². The molecule has 10 heteroatoms. The molecule has 1 N–H and O–H groups in total. The molecule has 1 saturated heterocycles. The summed E-state index contributed by atoms with van der Waals surface area (Å²) >= 11 is 1.45. The van der Waals surface area contributed by atoms with Crippen LogP contribution in [0.25, 0.3) is 0 Å². The monoisotopic (exact) mass is 433 g/mol. The lowest BCUT2D eigenvalue weighted by atomic mass is 9.85. The zero-order chi connectivity index (χ0) is 21.8. The molecule has 1 aromatic rings. The van der Waals surface area contributed by atoms with E-state index in [2.05, 4.69) is 5.32 Å². The predicted octanol–water partition coefficient (Wildman–Crippen LogP) is 2.36. The Labute approximate surface area is 178 Å². The summed E-state index contributed by atoms with van der Waals surface area (Å²) in [5.41, 5.74) is 0.857. The number of nitro benzene ring substituents is 1. The van der Waals surface area contributed by atoms with Gasteiger partial charge in [0.15, 0.2) is 0 Å². The summed E-state index contributed by atoms with van der Waals surface area (Å²) in [4.78, 5) is 48.9. The molecule has 0 saturated carbocycles. The number of amides is 2. The Morgan fingerprint density at radius 1 is 1.33 bits per heavy atom. The second-order valence-electron chi connectivity index (χ2n) is 7.10. The average Bonchev–Trinajstić information content (AvgIpc) is 3.04. The Morgan fingerprint density at radius 3 is 2.63 bits per heavy atom. The number of β-lactam (4-membered cyclic amide) rings is 1. The highest BCUT2D eigenvalue weighted by Crippen LogP contribution is 2.47. The van der Waals surface area contributed by atoms with Crippen LogP contribution >= 0.6 is 11.8 Å². The van der Waals surface area contributed by atoms with Crippen molar-refractivity contribution in [3.05, 3.63) is 50.5 Å². The molecular weight excluding hydrogens is 410 g/mol. The average molecular weight is 433 g/mol. The number of nitrogens with zero attached hydrogens (tertiary/aromatic N) is 2. The van der Waals surface area contributed by atoms with Gasteiger partial charge >= 0.3 is 5.97 Å². The third-order valence-electron chi connectivity index (χ3n) is 5.15. The summed E-state index contributed by atoms with van der Waals surface area (Å²) < 4.78 is 5.41. The number of nitrogens with one attached hydrogen (secondary N) is 1. The van der Waals surface area contributed by atoms with Crippen LogP contribution < -0.4 is 5.32 Å². The van der Waals surface area contributed by atoms with E-state index in [1.165, 1.54) is 47.9 Å². The lowest BCUT2D eigenvalue weighted by molar-refractivity contribution is -0.384. The molecule has 0 spiro atoms. The number of esters is 1. The predicted molar refractivity (Wildman–Crippen MR) is 110 cm³/mol. The van der Waals surface area contributed by atoms with Crippen molar-refractivity contribution in [2.45, 2.75) is 39.3 Å². The Hall–Kier alpha value is -2.88. The van der Waals surface area contributed by atoms with Gasteiger partial charge in [0.05, 0.1) is 16.9 Å². The second-order valence-corrected chi connectivity index (χ2v) is 8.29. The molecule has 0 aliphatic carbocycles. The Morgan fingerprint density at radius 2 is 2.03 bits per heavy atom. The minimum absolute atomic E-state index is 0.0207. The summed E-state index contributed by atoms with van der Waals surface area (Å²) in [5.74, 6) is -0.276. The number of carbonyl (C=O) groups is 3. The molecule has 2 aliphatic rings. The molecule has 2 amide bonds. The van der Waals surface area contributed by atoms with Crippen LogP contribution in [-0.2, 0) is 25.7 Å². The zero-order valence-corrected chi connectivity index (χ0v) is 17.6. The lowest BCUT2D eigenvalue weighted by Crippen LogP contribution is -2.58. The maximum atomic E-state index is 12.8. The summed E-state index contributed by atoms with van der Waals surface area (Å²) in [6.07, 6.45) is 1.33. The summed E-state index contributed by atoms with van der Waals surface area (Å²) in [5, 5.41) is 13.5. The van der Waals surface area contributed by atoms with Gasteiger partial charge in [-0.3, -0.25) is 19.7 Å². The number of rotatable bonds is 9. The molecule has 2 heterocycles. The van der Waals surface area contributed by atoms with Gasteiger partial charge in [0.1, 0.15) is 12.3 Å². The highest BCUT2D eigenvalue weighted by molar-refractivity contribution is 8.03. The number of thioether (sulfide) groups is 1. The van der Waals surface area contributed by atoms with E-state index in [4.69, 9.17) is 4.74 Å². The van der Waals surface area contributed by atoms with Crippen molar-refractivity contribution in [3.63, 3.8) is 0 Å². The van der Waals surface area contributed by atoms with Crippen LogP contribution in [-0.4, -0.2) is 45.9 Å². The number of non-ortho nitro benzene ring substituents is 1. The normalized spacial score (nSPS) is 19.9. The van der Waals surface area contributed by atoms with E-state index in [1.807, 2.05) is 6.92 Å². The van der Waals surface area contributed by atoms with Gasteiger partial charge in [0.2, 0.25) is 11.8 Å². The second kappa shape index (κ2) is 9.29. The zero-order valence-electron chi connectivity index (χ0n) is 16.8. The van der Waals surface area contributed by atoms with Crippen molar-refractivity contribution in [3.8, 4) is 0 Å². The van der Waals surface area contributed by atoms with Crippen molar-refractivity contribution in [1.82, 2.24) is 10.2 Å². The molecule has 0 aromatic heterocycles. The van der Waals surface area contributed by atoms with Crippen LogP contribution in [0.15, 0.2) is 34.9 Å². The Bertz CT molecular complexity index is 898. The van der Waals surface area contributed by atoms with Crippen molar-refractivity contribution in [2.24, 2.45) is 5.92 Å². The van der Waals surface area contributed by atoms with Gasteiger partial charge in [-0.05, 0) is 24.1 Å². The van der Waals surface area contributed by atoms with Gasteiger partial charge in [-0.15, -0.1) is 11.8 Å². The van der Waals surface area contributed by atoms with Gasteiger partial charge in [0.25, 0.3) is 5.69 Å². The Kier molecular flexibility index (Phi) is 6.76. The summed E-state index contributed by atoms with van der Waals surface area (Å²) in [7, 11) is 0. The first-order valence-electron chi connectivity index (χ1n) is 9.67. The molecular formula is C20H23N3O6S. The highest BCUT2D eigenvalue weighted by atomic mass is 32.2. The van der Waals surface area contributed by atoms with Gasteiger partial charge in [-0.25, -0.2) is 4.79 Å². The first-order chi connectivity index (χ1) is 14.3. The number of nitro groups is 1. The molecule has 1 aromatic carbocycles. The van der Waals surface area contributed by atoms with Gasteiger partial charge in [-0.1, -0.05) is 6.92 Å². The molecule has 30 heavy (non-hydrogen) atoms. The number of fused-ring (bicyclic) bond motifs is 1. The fourth-order valence-electron chi connectivity index (χ4n) is 3.65. The quantitative estimate of drug-likeness (QED) is 0.209. The van der Waals surface area contributed by atoms with E-state index in [1.54, 1.807) is 0 Å². The van der Waals surface area contributed by atoms with Gasteiger partial charge in [0, 0.05) is 42.7 Å². The smallest absolute Gasteiger partial charge is 0.356 e. The number of ether oxygens (including phenoxy) is 1. The van der Waals surface area contributed by atoms with Crippen LogP contribution in [0, 0.1) is 16.0 Å². The minimum Gasteiger partial charge on any atom is -0.456 e. The van der Waals surface area contributed by atoms with Crippen LogP contribution in [0.3, 0.4) is 0 Å². The first kappa shape index (κ1) is 21.8. The molecule has 0 bridgehead atoms.